The molecule has 1 fully saturated rings. The molecule has 0 bridgehead atoms. The van der Waals surface area contributed by atoms with Crippen molar-refractivity contribution in [3.63, 3.8) is 0 Å². The van der Waals surface area contributed by atoms with E-state index in [1.54, 1.807) is 6.07 Å². The van der Waals surface area contributed by atoms with Crippen molar-refractivity contribution in [2.24, 2.45) is 0 Å². The molecular formula is C13H13N5O3. The Kier molecular flexibility index (Phi) is 3.35. The minimum absolute atomic E-state index is 0.00507. The minimum Gasteiger partial charge on any atom is -0.367 e. The van der Waals surface area contributed by atoms with Gasteiger partial charge in [0.05, 0.1) is 10.4 Å². The number of hydrogen-bond acceptors (Lipinski definition) is 6. The summed E-state index contributed by atoms with van der Waals surface area (Å²) in [4.78, 5) is 29.8. The van der Waals surface area contributed by atoms with Gasteiger partial charge in [0.2, 0.25) is 5.91 Å². The predicted octanol–water partition coefficient (Wildman–Crippen LogP) is 1.23. The summed E-state index contributed by atoms with van der Waals surface area (Å²) in [7, 11) is 0. The Balaban J connectivity index is 1.85. The van der Waals surface area contributed by atoms with Gasteiger partial charge in [0, 0.05) is 36.5 Å². The Hall–Kier alpha value is -2.77. The number of fused-ring (bicyclic) bond motifs is 1. The average Bonchev–Trinajstić information content (AvgIpc) is 2.90. The van der Waals surface area contributed by atoms with Crippen LogP contribution in [0.2, 0.25) is 0 Å². The van der Waals surface area contributed by atoms with E-state index in [4.69, 9.17) is 0 Å². The molecule has 1 saturated heterocycles. The maximum Gasteiger partial charge on any atom is 0.270 e. The lowest BCUT2D eigenvalue weighted by atomic mass is 10.2. The smallest absolute Gasteiger partial charge is 0.270 e. The molecule has 0 radical (unpaired) electrons. The lowest BCUT2D eigenvalue weighted by Crippen LogP contribution is -2.32. The summed E-state index contributed by atoms with van der Waals surface area (Å²) in [6, 6.07) is 4.51. The number of nitrogens with one attached hydrogen (secondary N) is 2. The highest BCUT2D eigenvalue weighted by Crippen LogP contribution is 2.24. The molecule has 1 aliphatic rings. The third kappa shape index (κ3) is 2.73. The molecule has 1 aromatic carbocycles. The van der Waals surface area contributed by atoms with Crippen LogP contribution in [0.1, 0.15) is 12.8 Å². The second kappa shape index (κ2) is 5.31. The van der Waals surface area contributed by atoms with Crippen molar-refractivity contribution in [1.82, 2.24) is 15.3 Å². The second-order valence-electron chi connectivity index (χ2n) is 4.86. The highest BCUT2D eigenvalue weighted by molar-refractivity contribution is 5.90. The molecule has 2 heterocycles. The highest BCUT2D eigenvalue weighted by Gasteiger charge is 2.20. The summed E-state index contributed by atoms with van der Waals surface area (Å²) >= 11 is 0. The molecule has 1 atom stereocenters. The van der Waals surface area contributed by atoms with Gasteiger partial charge in [-0.25, -0.2) is 9.97 Å². The average molecular weight is 287 g/mol. The van der Waals surface area contributed by atoms with E-state index in [9.17, 15) is 14.9 Å². The number of hydrogen-bond donors (Lipinski definition) is 2. The molecule has 1 amide bonds. The van der Waals surface area contributed by atoms with E-state index >= 15 is 0 Å². The van der Waals surface area contributed by atoms with Crippen LogP contribution in [0, 0.1) is 10.1 Å². The molecule has 1 aromatic heterocycles. The van der Waals surface area contributed by atoms with Crippen molar-refractivity contribution >= 4 is 28.3 Å². The van der Waals surface area contributed by atoms with Crippen molar-refractivity contribution < 1.29 is 9.72 Å². The molecular weight excluding hydrogens is 274 g/mol. The van der Waals surface area contributed by atoms with Crippen LogP contribution in [0.15, 0.2) is 24.5 Å². The van der Waals surface area contributed by atoms with Gasteiger partial charge in [-0.05, 0) is 12.5 Å². The van der Waals surface area contributed by atoms with Gasteiger partial charge < -0.3 is 10.6 Å². The second-order valence-corrected chi connectivity index (χ2v) is 4.86. The summed E-state index contributed by atoms with van der Waals surface area (Å²) in [5.41, 5.74) is 0.628. The summed E-state index contributed by atoms with van der Waals surface area (Å²) in [5.74, 6) is 0.579. The Morgan fingerprint density at radius 3 is 3.00 bits per heavy atom. The number of nitro benzene ring substituents is 1. The number of amides is 1. The maximum atomic E-state index is 11.2. The van der Waals surface area contributed by atoms with Gasteiger partial charge in [0.1, 0.15) is 12.1 Å². The van der Waals surface area contributed by atoms with E-state index in [0.717, 1.165) is 6.42 Å². The van der Waals surface area contributed by atoms with Crippen LogP contribution in [0.4, 0.5) is 11.5 Å². The number of benzene rings is 1. The number of aromatic nitrogens is 2. The SMILES string of the molecule is O=C1CCC(CNc2ncnc3ccc([N+](=O)[O-])cc23)N1. The summed E-state index contributed by atoms with van der Waals surface area (Å²) in [6.07, 6.45) is 2.71. The molecule has 2 N–H and O–H groups in total. The fourth-order valence-corrected chi connectivity index (χ4v) is 2.35. The van der Waals surface area contributed by atoms with Crippen molar-refractivity contribution in [1.29, 1.82) is 0 Å². The number of nitro groups is 1. The Morgan fingerprint density at radius 1 is 1.43 bits per heavy atom. The van der Waals surface area contributed by atoms with Gasteiger partial charge in [0.15, 0.2) is 0 Å². The topological polar surface area (TPSA) is 110 Å². The lowest BCUT2D eigenvalue weighted by molar-refractivity contribution is -0.384. The van der Waals surface area contributed by atoms with Crippen LogP contribution in [0.5, 0.6) is 0 Å². The van der Waals surface area contributed by atoms with E-state index in [2.05, 4.69) is 20.6 Å². The van der Waals surface area contributed by atoms with Gasteiger partial charge in [-0.15, -0.1) is 0 Å². The summed E-state index contributed by atoms with van der Waals surface area (Å²) in [5, 5.41) is 17.4. The molecule has 1 aliphatic heterocycles. The summed E-state index contributed by atoms with van der Waals surface area (Å²) < 4.78 is 0. The van der Waals surface area contributed by atoms with E-state index < -0.39 is 4.92 Å². The quantitative estimate of drug-likeness (QED) is 0.646. The van der Waals surface area contributed by atoms with E-state index in [0.29, 0.717) is 29.7 Å². The zero-order chi connectivity index (χ0) is 14.8. The molecule has 21 heavy (non-hydrogen) atoms. The zero-order valence-electron chi connectivity index (χ0n) is 11.1. The first-order valence-corrected chi connectivity index (χ1v) is 6.56. The van der Waals surface area contributed by atoms with E-state index in [1.807, 2.05) is 0 Å². The third-order valence-electron chi connectivity index (χ3n) is 3.43. The summed E-state index contributed by atoms with van der Waals surface area (Å²) in [6.45, 7) is 0.528. The van der Waals surface area contributed by atoms with E-state index in [-0.39, 0.29) is 17.6 Å². The minimum atomic E-state index is -0.451. The zero-order valence-corrected chi connectivity index (χ0v) is 11.1. The predicted molar refractivity (Wildman–Crippen MR) is 75.8 cm³/mol. The van der Waals surface area contributed by atoms with Crippen molar-refractivity contribution in [3.8, 4) is 0 Å². The number of nitrogens with zero attached hydrogens (tertiary/aromatic N) is 3. The standard InChI is InChI=1S/C13H13N5O3/c19-12-4-1-8(17-12)6-14-13-10-5-9(18(20)21)2-3-11(10)15-7-16-13/h2-3,5,7-8H,1,4,6H2,(H,17,19)(H,14,15,16). The highest BCUT2D eigenvalue weighted by atomic mass is 16.6. The van der Waals surface area contributed by atoms with Gasteiger partial charge in [0.25, 0.3) is 5.69 Å². The first kappa shape index (κ1) is 13.2. The van der Waals surface area contributed by atoms with Crippen LogP contribution in [0.25, 0.3) is 10.9 Å². The number of non-ortho nitro benzene ring substituents is 1. The first-order chi connectivity index (χ1) is 10.1. The number of rotatable bonds is 4. The van der Waals surface area contributed by atoms with Gasteiger partial charge in [-0.2, -0.15) is 0 Å². The molecule has 0 spiro atoms. The fourth-order valence-electron chi connectivity index (χ4n) is 2.35. The van der Waals surface area contributed by atoms with Crippen LogP contribution in [-0.2, 0) is 4.79 Å². The lowest BCUT2D eigenvalue weighted by Gasteiger charge is -2.12. The molecule has 108 valence electrons. The van der Waals surface area contributed by atoms with E-state index in [1.165, 1.54) is 18.5 Å². The first-order valence-electron chi connectivity index (χ1n) is 6.56. The van der Waals surface area contributed by atoms with Gasteiger partial charge in [-0.1, -0.05) is 0 Å². The largest absolute Gasteiger partial charge is 0.367 e. The van der Waals surface area contributed by atoms with Crippen LogP contribution in [-0.4, -0.2) is 33.4 Å². The monoisotopic (exact) mass is 287 g/mol. The molecule has 3 rings (SSSR count). The van der Waals surface area contributed by atoms with Crippen molar-refractivity contribution in [3.05, 3.63) is 34.6 Å². The molecule has 1 unspecified atom stereocenters. The number of carbonyl (C=O) groups excluding carboxylic acids is 1. The van der Waals surface area contributed by atoms with Crippen LogP contribution in [0.3, 0.4) is 0 Å². The Bertz CT molecular complexity index is 718. The Morgan fingerprint density at radius 2 is 2.29 bits per heavy atom. The Labute approximate surface area is 119 Å². The van der Waals surface area contributed by atoms with Crippen molar-refractivity contribution in [2.75, 3.05) is 11.9 Å². The van der Waals surface area contributed by atoms with Crippen LogP contribution < -0.4 is 10.6 Å². The molecule has 8 heteroatoms. The maximum absolute atomic E-state index is 11.2. The van der Waals surface area contributed by atoms with Crippen LogP contribution >= 0.6 is 0 Å². The van der Waals surface area contributed by atoms with Gasteiger partial charge in [-0.3, -0.25) is 14.9 Å². The number of anilines is 1. The fraction of sp³-hybridized carbons (Fsp3) is 0.308. The van der Waals surface area contributed by atoms with Gasteiger partial charge >= 0.3 is 0 Å². The molecule has 0 aliphatic carbocycles. The third-order valence-corrected chi connectivity index (χ3v) is 3.43. The molecule has 2 aromatic rings. The number of carbonyl (C=O) groups is 1. The molecule has 0 saturated carbocycles. The normalized spacial score (nSPS) is 17.7. The molecule has 8 nitrogen and oxygen atoms in total. The van der Waals surface area contributed by atoms with Crippen molar-refractivity contribution in [2.45, 2.75) is 18.9 Å².